The summed E-state index contributed by atoms with van der Waals surface area (Å²) >= 11 is 6.45. The van der Waals surface area contributed by atoms with Crippen molar-refractivity contribution >= 4 is 22.5 Å². The van der Waals surface area contributed by atoms with E-state index in [0.29, 0.717) is 17.3 Å². The zero-order valence-electron chi connectivity index (χ0n) is 12.0. The average Bonchev–Trinajstić information content (AvgIpc) is 2.73. The van der Waals surface area contributed by atoms with Crippen molar-refractivity contribution in [3.8, 4) is 6.07 Å². The molecule has 0 amide bonds. The van der Waals surface area contributed by atoms with E-state index in [1.807, 2.05) is 41.8 Å². The number of aromatic nitrogens is 1. The Hall–Kier alpha value is -2.24. The second kappa shape index (κ2) is 5.27. The van der Waals surface area contributed by atoms with Crippen LogP contribution in [-0.4, -0.2) is 4.57 Å². The molecular formula is C18H15ClN2. The molecule has 0 saturated carbocycles. The quantitative estimate of drug-likeness (QED) is 0.665. The van der Waals surface area contributed by atoms with Crippen LogP contribution < -0.4 is 0 Å². The zero-order valence-corrected chi connectivity index (χ0v) is 12.8. The third-order valence-electron chi connectivity index (χ3n) is 3.86. The lowest BCUT2D eigenvalue weighted by Gasteiger charge is -2.10. The van der Waals surface area contributed by atoms with Crippen molar-refractivity contribution in [3.63, 3.8) is 0 Å². The van der Waals surface area contributed by atoms with Crippen LogP contribution in [0.4, 0.5) is 0 Å². The van der Waals surface area contributed by atoms with E-state index < -0.39 is 0 Å². The van der Waals surface area contributed by atoms with Gasteiger partial charge in [0.1, 0.15) is 11.2 Å². The molecule has 1 aromatic heterocycles. The van der Waals surface area contributed by atoms with Crippen molar-refractivity contribution in [2.24, 2.45) is 0 Å². The van der Waals surface area contributed by atoms with Crippen LogP contribution in [0.2, 0.25) is 5.15 Å². The highest BCUT2D eigenvalue weighted by molar-refractivity contribution is 6.32. The van der Waals surface area contributed by atoms with Crippen molar-refractivity contribution in [1.82, 2.24) is 4.57 Å². The second-order valence-corrected chi connectivity index (χ2v) is 5.67. The van der Waals surface area contributed by atoms with Crippen LogP contribution in [0.1, 0.15) is 22.3 Å². The van der Waals surface area contributed by atoms with Gasteiger partial charge in [0.2, 0.25) is 0 Å². The van der Waals surface area contributed by atoms with Crippen molar-refractivity contribution in [2.45, 2.75) is 20.4 Å². The van der Waals surface area contributed by atoms with Crippen LogP contribution in [0.25, 0.3) is 10.9 Å². The molecule has 0 spiro atoms. The fraction of sp³-hybridized carbons (Fsp3) is 0.167. The van der Waals surface area contributed by atoms with Crippen LogP contribution >= 0.6 is 11.6 Å². The van der Waals surface area contributed by atoms with Gasteiger partial charge in [-0.3, -0.25) is 0 Å². The molecule has 0 bridgehead atoms. The maximum absolute atomic E-state index is 9.39. The molecule has 0 aliphatic carbocycles. The number of hydrogen-bond acceptors (Lipinski definition) is 1. The van der Waals surface area contributed by atoms with Gasteiger partial charge in [0.15, 0.2) is 0 Å². The smallest absolute Gasteiger partial charge is 0.128 e. The van der Waals surface area contributed by atoms with E-state index in [1.165, 1.54) is 11.1 Å². The number of nitrogens with zero attached hydrogens (tertiary/aromatic N) is 2. The number of rotatable bonds is 2. The summed E-state index contributed by atoms with van der Waals surface area (Å²) in [6.45, 7) is 4.78. The van der Waals surface area contributed by atoms with Gasteiger partial charge in [-0.05, 0) is 37.1 Å². The molecule has 0 atom stereocenters. The van der Waals surface area contributed by atoms with Crippen molar-refractivity contribution < 1.29 is 0 Å². The van der Waals surface area contributed by atoms with E-state index in [4.69, 9.17) is 11.6 Å². The van der Waals surface area contributed by atoms with E-state index in [0.717, 1.165) is 16.5 Å². The fourth-order valence-corrected chi connectivity index (χ4v) is 2.95. The molecule has 0 N–H and O–H groups in total. The Morgan fingerprint density at radius 2 is 1.90 bits per heavy atom. The highest BCUT2D eigenvalue weighted by atomic mass is 35.5. The van der Waals surface area contributed by atoms with E-state index in [1.54, 1.807) is 0 Å². The Bertz CT molecular complexity index is 869. The SMILES string of the molecule is Cc1ccc2c(c1)c(C#N)c(Cl)n2Cc1ccccc1C. The Morgan fingerprint density at radius 3 is 2.62 bits per heavy atom. The topological polar surface area (TPSA) is 28.7 Å². The van der Waals surface area contributed by atoms with Crippen molar-refractivity contribution in [3.05, 3.63) is 69.9 Å². The first kappa shape index (κ1) is 13.7. The summed E-state index contributed by atoms with van der Waals surface area (Å²) < 4.78 is 2.01. The van der Waals surface area contributed by atoms with Crippen molar-refractivity contribution in [1.29, 1.82) is 5.26 Å². The van der Waals surface area contributed by atoms with E-state index in [9.17, 15) is 5.26 Å². The first-order valence-corrected chi connectivity index (χ1v) is 7.22. The van der Waals surface area contributed by atoms with Gasteiger partial charge in [-0.25, -0.2) is 0 Å². The van der Waals surface area contributed by atoms with Gasteiger partial charge < -0.3 is 4.57 Å². The summed E-state index contributed by atoms with van der Waals surface area (Å²) in [5, 5.41) is 10.8. The minimum Gasteiger partial charge on any atom is -0.326 e. The van der Waals surface area contributed by atoms with Gasteiger partial charge >= 0.3 is 0 Å². The lowest BCUT2D eigenvalue weighted by molar-refractivity contribution is 0.830. The summed E-state index contributed by atoms with van der Waals surface area (Å²) in [5.41, 5.74) is 5.13. The minimum absolute atomic E-state index is 0.515. The lowest BCUT2D eigenvalue weighted by Crippen LogP contribution is -2.01. The summed E-state index contributed by atoms with van der Waals surface area (Å²) in [6, 6.07) is 16.6. The van der Waals surface area contributed by atoms with Crippen LogP contribution in [-0.2, 0) is 6.54 Å². The van der Waals surface area contributed by atoms with E-state index >= 15 is 0 Å². The maximum Gasteiger partial charge on any atom is 0.128 e. The molecule has 3 aromatic rings. The number of nitriles is 1. The summed E-state index contributed by atoms with van der Waals surface area (Å²) in [5.74, 6) is 0. The lowest BCUT2D eigenvalue weighted by atomic mass is 10.1. The van der Waals surface area contributed by atoms with Gasteiger partial charge in [0.05, 0.1) is 11.1 Å². The molecule has 3 heteroatoms. The standard InChI is InChI=1S/C18H15ClN2/c1-12-7-8-17-15(9-12)16(10-20)18(19)21(17)11-14-6-4-3-5-13(14)2/h3-9H,11H2,1-2H3. The predicted octanol–water partition coefficient (Wildman–Crippen LogP) is 4.83. The number of hydrogen-bond donors (Lipinski definition) is 0. The Labute approximate surface area is 129 Å². The van der Waals surface area contributed by atoms with Crippen LogP contribution in [0.5, 0.6) is 0 Å². The van der Waals surface area contributed by atoms with E-state index in [-0.39, 0.29) is 0 Å². The molecular weight excluding hydrogens is 280 g/mol. The molecule has 0 aliphatic heterocycles. The minimum atomic E-state index is 0.515. The summed E-state index contributed by atoms with van der Waals surface area (Å²) in [4.78, 5) is 0. The van der Waals surface area contributed by atoms with E-state index in [2.05, 4.69) is 25.1 Å². The fourth-order valence-electron chi connectivity index (χ4n) is 2.66. The molecule has 21 heavy (non-hydrogen) atoms. The number of benzene rings is 2. The first-order chi connectivity index (χ1) is 10.1. The van der Waals surface area contributed by atoms with Gasteiger partial charge in [-0.1, -0.05) is 47.5 Å². The molecule has 3 rings (SSSR count). The molecule has 2 nitrogen and oxygen atoms in total. The summed E-state index contributed by atoms with van der Waals surface area (Å²) in [7, 11) is 0. The number of halogens is 1. The molecule has 0 saturated heterocycles. The highest BCUT2D eigenvalue weighted by Gasteiger charge is 2.16. The van der Waals surface area contributed by atoms with Crippen molar-refractivity contribution in [2.75, 3.05) is 0 Å². The Morgan fingerprint density at radius 1 is 1.14 bits per heavy atom. The zero-order chi connectivity index (χ0) is 15.0. The molecule has 1 heterocycles. The monoisotopic (exact) mass is 294 g/mol. The Kier molecular flexibility index (Phi) is 3.45. The predicted molar refractivity (Wildman–Crippen MR) is 86.7 cm³/mol. The summed E-state index contributed by atoms with van der Waals surface area (Å²) in [6.07, 6.45) is 0. The van der Waals surface area contributed by atoms with Gasteiger partial charge in [-0.2, -0.15) is 5.26 Å². The third-order valence-corrected chi connectivity index (χ3v) is 4.25. The third kappa shape index (κ3) is 2.30. The molecule has 0 fully saturated rings. The van der Waals surface area contributed by atoms with Gasteiger partial charge in [0.25, 0.3) is 0 Å². The van der Waals surface area contributed by atoms with Crippen LogP contribution in [0, 0.1) is 25.2 Å². The Balaban J connectivity index is 2.22. The molecule has 0 radical (unpaired) electrons. The molecule has 2 aromatic carbocycles. The first-order valence-electron chi connectivity index (χ1n) is 6.84. The number of aryl methyl sites for hydroxylation is 2. The van der Waals surface area contributed by atoms with Gasteiger partial charge in [0, 0.05) is 11.9 Å². The second-order valence-electron chi connectivity index (χ2n) is 5.31. The molecule has 0 aliphatic rings. The average molecular weight is 295 g/mol. The van der Waals surface area contributed by atoms with Gasteiger partial charge in [-0.15, -0.1) is 0 Å². The normalized spacial score (nSPS) is 10.8. The largest absolute Gasteiger partial charge is 0.326 e. The van der Waals surface area contributed by atoms with Crippen LogP contribution in [0.15, 0.2) is 42.5 Å². The molecule has 0 unspecified atom stereocenters. The number of fused-ring (bicyclic) bond motifs is 1. The maximum atomic E-state index is 9.39. The van der Waals surface area contributed by atoms with Crippen LogP contribution in [0.3, 0.4) is 0 Å². The molecule has 104 valence electrons. The highest BCUT2D eigenvalue weighted by Crippen LogP contribution is 2.31.